The van der Waals surface area contributed by atoms with Crippen LogP contribution in [0.4, 0.5) is 4.39 Å². The molecule has 0 aliphatic heterocycles. The lowest BCUT2D eigenvalue weighted by molar-refractivity contribution is -0.131. The Hall–Kier alpha value is -1.98. The Labute approximate surface area is 118 Å². The zero-order valence-corrected chi connectivity index (χ0v) is 12.2. The Kier molecular flexibility index (Phi) is 5.61. The molecular formula is C14H20FN3O2. The second-order valence-corrected chi connectivity index (χ2v) is 5.23. The number of pyridine rings is 1. The van der Waals surface area contributed by atoms with Crippen LogP contribution < -0.4 is 5.32 Å². The number of likely N-dealkylation sites (N-methyl/N-ethyl adjacent to an activating group) is 1. The molecular weight excluding hydrogens is 261 g/mol. The molecule has 20 heavy (non-hydrogen) atoms. The molecule has 1 aromatic heterocycles. The van der Waals surface area contributed by atoms with Gasteiger partial charge in [0.1, 0.15) is 6.04 Å². The first-order valence-corrected chi connectivity index (χ1v) is 6.45. The minimum Gasteiger partial charge on any atom is -0.347 e. The molecule has 1 heterocycles. The van der Waals surface area contributed by atoms with Crippen LogP contribution in [0, 0.1) is 11.9 Å². The predicted molar refractivity (Wildman–Crippen MR) is 73.6 cm³/mol. The zero-order valence-electron chi connectivity index (χ0n) is 12.2. The number of aromatic nitrogens is 1. The molecule has 0 bridgehead atoms. The molecule has 1 N–H and O–H groups in total. The molecule has 1 aromatic rings. The summed E-state index contributed by atoms with van der Waals surface area (Å²) in [7, 11) is 3.24. The average molecular weight is 281 g/mol. The lowest BCUT2D eigenvalue weighted by Crippen LogP contribution is -2.47. The van der Waals surface area contributed by atoms with Gasteiger partial charge in [-0.15, -0.1) is 0 Å². The third kappa shape index (κ3) is 4.29. The van der Waals surface area contributed by atoms with Gasteiger partial charge < -0.3 is 10.2 Å². The van der Waals surface area contributed by atoms with Crippen LogP contribution in [0.1, 0.15) is 30.6 Å². The number of rotatable bonds is 5. The van der Waals surface area contributed by atoms with Crippen molar-refractivity contribution in [3.63, 3.8) is 0 Å². The van der Waals surface area contributed by atoms with Gasteiger partial charge in [-0.3, -0.25) is 9.59 Å². The highest BCUT2D eigenvalue weighted by molar-refractivity contribution is 5.97. The largest absolute Gasteiger partial charge is 0.347 e. The monoisotopic (exact) mass is 281 g/mol. The third-order valence-electron chi connectivity index (χ3n) is 2.76. The van der Waals surface area contributed by atoms with Crippen molar-refractivity contribution >= 4 is 11.8 Å². The molecule has 0 aliphatic rings. The molecule has 2 amide bonds. The maximum atomic E-state index is 13.4. The minimum absolute atomic E-state index is 0.159. The van der Waals surface area contributed by atoms with Gasteiger partial charge in [0, 0.05) is 20.3 Å². The highest BCUT2D eigenvalue weighted by Crippen LogP contribution is 2.09. The first-order chi connectivity index (χ1) is 9.32. The number of halogens is 1. The van der Waals surface area contributed by atoms with E-state index in [9.17, 15) is 14.0 Å². The highest BCUT2D eigenvalue weighted by atomic mass is 19.1. The molecule has 0 saturated carbocycles. The quantitative estimate of drug-likeness (QED) is 0.831. The number of hydrogen-bond donors (Lipinski definition) is 1. The van der Waals surface area contributed by atoms with Gasteiger partial charge in [-0.1, -0.05) is 13.8 Å². The van der Waals surface area contributed by atoms with E-state index < -0.39 is 17.9 Å². The minimum atomic E-state index is -0.842. The fraction of sp³-hybridized carbons (Fsp3) is 0.500. The fourth-order valence-electron chi connectivity index (χ4n) is 1.80. The maximum Gasteiger partial charge on any atom is 0.256 e. The Morgan fingerprint density at radius 3 is 2.55 bits per heavy atom. The first-order valence-electron chi connectivity index (χ1n) is 6.45. The van der Waals surface area contributed by atoms with Gasteiger partial charge >= 0.3 is 0 Å². The maximum absolute atomic E-state index is 13.4. The predicted octanol–water partition coefficient (Wildman–Crippen LogP) is 1.45. The Morgan fingerprint density at radius 1 is 1.40 bits per heavy atom. The number of nitrogens with zero attached hydrogens (tertiary/aromatic N) is 2. The fourth-order valence-corrected chi connectivity index (χ4v) is 1.80. The SMILES string of the molecule is CC(C)CC(NC(=O)c1cccnc1F)C(=O)N(C)C. The topological polar surface area (TPSA) is 62.3 Å². The van der Waals surface area contributed by atoms with E-state index in [1.54, 1.807) is 14.1 Å². The Bertz CT molecular complexity index is 489. The van der Waals surface area contributed by atoms with Crippen LogP contribution in [0.15, 0.2) is 18.3 Å². The normalized spacial score (nSPS) is 12.1. The average Bonchev–Trinajstić information content (AvgIpc) is 2.36. The number of nitrogens with one attached hydrogen (secondary N) is 1. The molecule has 0 saturated heterocycles. The number of amides is 2. The Balaban J connectivity index is 2.87. The van der Waals surface area contributed by atoms with Crippen molar-refractivity contribution in [2.45, 2.75) is 26.3 Å². The zero-order chi connectivity index (χ0) is 15.3. The Morgan fingerprint density at radius 2 is 2.05 bits per heavy atom. The van der Waals surface area contributed by atoms with Crippen molar-refractivity contribution in [2.75, 3.05) is 14.1 Å². The molecule has 0 aliphatic carbocycles. The molecule has 0 spiro atoms. The van der Waals surface area contributed by atoms with Gasteiger partial charge in [0.2, 0.25) is 11.9 Å². The van der Waals surface area contributed by atoms with E-state index in [1.165, 1.54) is 23.2 Å². The van der Waals surface area contributed by atoms with Crippen molar-refractivity contribution in [1.29, 1.82) is 0 Å². The molecule has 1 rings (SSSR count). The van der Waals surface area contributed by atoms with E-state index in [0.29, 0.717) is 6.42 Å². The molecule has 0 aromatic carbocycles. The number of carbonyl (C=O) groups is 2. The van der Waals surface area contributed by atoms with E-state index in [2.05, 4.69) is 10.3 Å². The van der Waals surface area contributed by atoms with E-state index in [1.807, 2.05) is 13.8 Å². The molecule has 5 nitrogen and oxygen atoms in total. The number of carbonyl (C=O) groups excluding carboxylic acids is 2. The van der Waals surface area contributed by atoms with E-state index in [4.69, 9.17) is 0 Å². The van der Waals surface area contributed by atoms with Crippen LogP contribution >= 0.6 is 0 Å². The first kappa shape index (κ1) is 16.1. The van der Waals surface area contributed by atoms with Gasteiger partial charge in [0.15, 0.2) is 0 Å². The van der Waals surface area contributed by atoms with Gasteiger partial charge in [-0.05, 0) is 24.5 Å². The second kappa shape index (κ2) is 6.98. The van der Waals surface area contributed by atoms with Crippen molar-refractivity contribution in [2.24, 2.45) is 5.92 Å². The van der Waals surface area contributed by atoms with Crippen molar-refractivity contribution in [3.8, 4) is 0 Å². The summed E-state index contributed by atoms with van der Waals surface area (Å²) in [5.41, 5.74) is -0.159. The summed E-state index contributed by atoms with van der Waals surface area (Å²) in [6.45, 7) is 3.90. The van der Waals surface area contributed by atoms with Crippen molar-refractivity contribution in [3.05, 3.63) is 29.8 Å². The lowest BCUT2D eigenvalue weighted by Gasteiger charge is -2.23. The summed E-state index contributed by atoms with van der Waals surface area (Å²) in [5.74, 6) is -1.46. The van der Waals surface area contributed by atoms with Crippen LogP contribution in [0.3, 0.4) is 0 Å². The highest BCUT2D eigenvalue weighted by Gasteiger charge is 2.25. The van der Waals surface area contributed by atoms with Crippen LogP contribution in [0.5, 0.6) is 0 Å². The smallest absolute Gasteiger partial charge is 0.256 e. The van der Waals surface area contributed by atoms with Crippen LogP contribution in [-0.4, -0.2) is 41.8 Å². The molecule has 1 atom stereocenters. The van der Waals surface area contributed by atoms with E-state index in [-0.39, 0.29) is 17.4 Å². The van der Waals surface area contributed by atoms with Gasteiger partial charge in [-0.25, -0.2) is 4.98 Å². The summed E-state index contributed by atoms with van der Waals surface area (Å²) in [4.78, 5) is 28.9. The molecule has 6 heteroatoms. The van der Waals surface area contributed by atoms with Crippen molar-refractivity contribution < 1.29 is 14.0 Å². The second-order valence-electron chi connectivity index (χ2n) is 5.23. The van der Waals surface area contributed by atoms with Gasteiger partial charge in [-0.2, -0.15) is 4.39 Å². The van der Waals surface area contributed by atoms with Gasteiger partial charge in [0.05, 0.1) is 5.56 Å². The number of hydrogen-bond acceptors (Lipinski definition) is 3. The summed E-state index contributed by atoms with van der Waals surface area (Å²) >= 11 is 0. The summed E-state index contributed by atoms with van der Waals surface area (Å²) in [6.07, 6.45) is 1.76. The standard InChI is InChI=1S/C14H20FN3O2/c1-9(2)8-11(14(20)18(3)4)17-13(19)10-6-5-7-16-12(10)15/h5-7,9,11H,8H2,1-4H3,(H,17,19). The molecule has 0 radical (unpaired) electrons. The summed E-state index contributed by atoms with van der Waals surface area (Å²) in [6, 6.07) is 2.14. The third-order valence-corrected chi connectivity index (χ3v) is 2.76. The van der Waals surface area contributed by atoms with Crippen LogP contribution in [0.2, 0.25) is 0 Å². The van der Waals surface area contributed by atoms with Crippen LogP contribution in [-0.2, 0) is 4.79 Å². The molecule has 110 valence electrons. The molecule has 1 unspecified atom stereocenters. The van der Waals surface area contributed by atoms with Crippen LogP contribution in [0.25, 0.3) is 0 Å². The van der Waals surface area contributed by atoms with E-state index in [0.717, 1.165) is 0 Å². The van der Waals surface area contributed by atoms with Gasteiger partial charge in [0.25, 0.3) is 5.91 Å². The summed E-state index contributed by atoms with van der Waals surface area (Å²) in [5, 5.41) is 2.58. The van der Waals surface area contributed by atoms with Crippen molar-refractivity contribution in [1.82, 2.24) is 15.2 Å². The van der Waals surface area contributed by atoms with E-state index >= 15 is 0 Å². The lowest BCUT2D eigenvalue weighted by atomic mass is 10.0. The summed E-state index contributed by atoms with van der Waals surface area (Å²) < 4.78 is 13.4. The molecule has 0 fully saturated rings.